The Balaban J connectivity index is 1.49. The van der Waals surface area contributed by atoms with Crippen LogP contribution in [0.15, 0.2) is 30.3 Å². The lowest BCUT2D eigenvalue weighted by atomic mass is 9.73. The molecule has 4 nitrogen and oxygen atoms in total. The van der Waals surface area contributed by atoms with Crippen molar-refractivity contribution in [1.82, 2.24) is 9.88 Å². The van der Waals surface area contributed by atoms with Gasteiger partial charge in [-0.05, 0) is 44.1 Å². The second-order valence-electron chi connectivity index (χ2n) is 8.50. The van der Waals surface area contributed by atoms with Crippen molar-refractivity contribution in [2.75, 3.05) is 13.2 Å². The highest BCUT2D eigenvalue weighted by molar-refractivity contribution is 7.13. The van der Waals surface area contributed by atoms with E-state index in [1.807, 2.05) is 32.0 Å². The van der Waals surface area contributed by atoms with Crippen LogP contribution in [0.5, 0.6) is 0 Å². The molecule has 1 saturated heterocycles. The second-order valence-corrected chi connectivity index (χ2v) is 9.70. The Morgan fingerprint density at radius 2 is 1.96 bits per heavy atom. The number of benzene rings is 1. The molecule has 4 rings (SSSR count). The van der Waals surface area contributed by atoms with Crippen LogP contribution in [0.2, 0.25) is 0 Å². The van der Waals surface area contributed by atoms with Gasteiger partial charge in [-0.25, -0.2) is 4.98 Å². The van der Waals surface area contributed by atoms with Crippen molar-refractivity contribution in [2.24, 2.45) is 5.41 Å². The van der Waals surface area contributed by atoms with E-state index in [0.29, 0.717) is 18.6 Å². The summed E-state index contributed by atoms with van der Waals surface area (Å²) >= 11 is 1.52. The molecule has 0 N–H and O–H groups in total. The number of aryl methyl sites for hydroxylation is 2. The first kappa shape index (κ1) is 19.6. The van der Waals surface area contributed by atoms with E-state index in [-0.39, 0.29) is 11.9 Å². The summed E-state index contributed by atoms with van der Waals surface area (Å²) in [5, 5.41) is 0.962. The smallest absolute Gasteiger partial charge is 0.266 e. The molecule has 28 heavy (non-hydrogen) atoms. The summed E-state index contributed by atoms with van der Waals surface area (Å²) in [7, 11) is 0. The lowest BCUT2D eigenvalue weighted by Gasteiger charge is -2.33. The number of amides is 1. The average Bonchev–Trinajstić information content (AvgIpc) is 3.22. The lowest BCUT2D eigenvalue weighted by molar-refractivity contribution is 0.0499. The van der Waals surface area contributed by atoms with Gasteiger partial charge in [0.2, 0.25) is 0 Å². The van der Waals surface area contributed by atoms with Gasteiger partial charge in [-0.15, -0.1) is 11.3 Å². The van der Waals surface area contributed by atoms with Gasteiger partial charge >= 0.3 is 0 Å². The van der Waals surface area contributed by atoms with Crippen molar-refractivity contribution >= 4 is 17.2 Å². The van der Waals surface area contributed by atoms with Crippen molar-refractivity contribution in [3.8, 4) is 0 Å². The number of hydrogen-bond donors (Lipinski definition) is 0. The molecule has 2 heterocycles. The standard InChI is InChI=1S/C23H30N2O2S/c1-17-21(28-18(2)24-17)22(26)25-16-23(11-7-4-8-12-23)13-20(25)15-27-14-19-9-5-3-6-10-19/h3,5-6,9-10,20H,4,7-8,11-16H2,1-2H3. The Labute approximate surface area is 171 Å². The molecule has 1 aromatic heterocycles. The molecule has 2 aliphatic rings. The van der Waals surface area contributed by atoms with Crippen LogP contribution in [-0.4, -0.2) is 35.0 Å². The zero-order chi connectivity index (χ0) is 19.6. The van der Waals surface area contributed by atoms with E-state index in [4.69, 9.17) is 4.74 Å². The van der Waals surface area contributed by atoms with Gasteiger partial charge in [0, 0.05) is 6.54 Å². The maximum Gasteiger partial charge on any atom is 0.266 e. The fraction of sp³-hybridized carbons (Fsp3) is 0.565. The number of ether oxygens (including phenoxy) is 1. The monoisotopic (exact) mass is 398 g/mol. The Morgan fingerprint density at radius 1 is 1.21 bits per heavy atom. The largest absolute Gasteiger partial charge is 0.375 e. The molecule has 1 saturated carbocycles. The molecule has 2 aromatic rings. The van der Waals surface area contributed by atoms with Crippen LogP contribution in [0.4, 0.5) is 0 Å². The van der Waals surface area contributed by atoms with Gasteiger partial charge in [0.25, 0.3) is 5.91 Å². The van der Waals surface area contributed by atoms with Crippen molar-refractivity contribution in [3.63, 3.8) is 0 Å². The van der Waals surface area contributed by atoms with E-state index in [1.165, 1.54) is 49.0 Å². The van der Waals surface area contributed by atoms with Crippen molar-refractivity contribution in [3.05, 3.63) is 51.5 Å². The molecule has 1 aliphatic heterocycles. The number of likely N-dealkylation sites (tertiary alicyclic amines) is 1. The number of rotatable bonds is 5. The zero-order valence-corrected chi connectivity index (χ0v) is 17.8. The zero-order valence-electron chi connectivity index (χ0n) is 16.9. The molecule has 0 radical (unpaired) electrons. The lowest BCUT2D eigenvalue weighted by Crippen LogP contribution is -2.39. The molecule has 1 aliphatic carbocycles. The minimum Gasteiger partial charge on any atom is -0.375 e. The predicted octanol–water partition coefficient (Wildman–Crippen LogP) is 5.14. The quantitative estimate of drug-likeness (QED) is 0.700. The highest BCUT2D eigenvalue weighted by Crippen LogP contribution is 2.47. The fourth-order valence-electron chi connectivity index (χ4n) is 4.96. The number of nitrogens with zero attached hydrogens (tertiary/aromatic N) is 2. The number of carbonyl (C=O) groups is 1. The van der Waals surface area contributed by atoms with Crippen molar-refractivity contribution in [2.45, 2.75) is 65.0 Å². The molecule has 5 heteroatoms. The van der Waals surface area contributed by atoms with Gasteiger partial charge in [0.05, 0.1) is 30.0 Å². The topological polar surface area (TPSA) is 42.4 Å². The van der Waals surface area contributed by atoms with Crippen LogP contribution >= 0.6 is 11.3 Å². The molecule has 2 fully saturated rings. The van der Waals surface area contributed by atoms with Gasteiger partial charge in [-0.2, -0.15) is 0 Å². The molecular formula is C23H30N2O2S. The van der Waals surface area contributed by atoms with E-state index in [0.717, 1.165) is 28.5 Å². The summed E-state index contributed by atoms with van der Waals surface area (Å²) in [6.45, 7) is 6.01. The van der Waals surface area contributed by atoms with Gasteiger partial charge in [-0.1, -0.05) is 49.6 Å². The van der Waals surface area contributed by atoms with Gasteiger partial charge in [0.1, 0.15) is 4.88 Å². The van der Waals surface area contributed by atoms with E-state index in [9.17, 15) is 4.79 Å². The van der Waals surface area contributed by atoms with E-state index >= 15 is 0 Å². The van der Waals surface area contributed by atoms with Crippen LogP contribution in [0.3, 0.4) is 0 Å². The first-order valence-electron chi connectivity index (χ1n) is 10.4. The van der Waals surface area contributed by atoms with E-state index in [2.05, 4.69) is 22.0 Å². The van der Waals surface area contributed by atoms with Gasteiger partial charge < -0.3 is 9.64 Å². The SMILES string of the molecule is Cc1nc(C)c(C(=O)N2CC3(CCCCC3)CC2COCc2ccccc2)s1. The summed E-state index contributed by atoms with van der Waals surface area (Å²) in [4.78, 5) is 20.8. The Hall–Kier alpha value is -1.72. The molecule has 1 amide bonds. The third-order valence-electron chi connectivity index (χ3n) is 6.31. The first-order valence-corrected chi connectivity index (χ1v) is 11.2. The van der Waals surface area contributed by atoms with Crippen LogP contribution in [0, 0.1) is 19.3 Å². The van der Waals surface area contributed by atoms with Crippen LogP contribution in [0.1, 0.15) is 64.5 Å². The van der Waals surface area contributed by atoms with Gasteiger partial charge in [-0.3, -0.25) is 4.79 Å². The van der Waals surface area contributed by atoms with Gasteiger partial charge in [0.15, 0.2) is 0 Å². The Kier molecular flexibility index (Phi) is 5.83. The molecular weight excluding hydrogens is 368 g/mol. The average molecular weight is 399 g/mol. The predicted molar refractivity (Wildman–Crippen MR) is 113 cm³/mol. The van der Waals surface area contributed by atoms with Crippen molar-refractivity contribution < 1.29 is 9.53 Å². The van der Waals surface area contributed by atoms with E-state index in [1.54, 1.807) is 0 Å². The Bertz CT molecular complexity index is 811. The Morgan fingerprint density at radius 3 is 2.64 bits per heavy atom. The molecule has 1 atom stereocenters. The molecule has 1 unspecified atom stereocenters. The normalized spacial score (nSPS) is 21.4. The number of aromatic nitrogens is 1. The second kappa shape index (κ2) is 8.34. The highest BCUT2D eigenvalue weighted by atomic mass is 32.1. The molecule has 1 aromatic carbocycles. The number of thiazole rings is 1. The van der Waals surface area contributed by atoms with Crippen LogP contribution in [-0.2, 0) is 11.3 Å². The fourth-order valence-corrected chi connectivity index (χ4v) is 5.84. The maximum absolute atomic E-state index is 13.4. The minimum atomic E-state index is 0.152. The summed E-state index contributed by atoms with van der Waals surface area (Å²) < 4.78 is 6.08. The summed E-state index contributed by atoms with van der Waals surface area (Å²) in [6.07, 6.45) is 7.47. The maximum atomic E-state index is 13.4. The van der Waals surface area contributed by atoms with E-state index < -0.39 is 0 Å². The highest BCUT2D eigenvalue weighted by Gasteiger charge is 2.46. The molecule has 150 valence electrons. The minimum absolute atomic E-state index is 0.152. The molecule has 0 bridgehead atoms. The van der Waals surface area contributed by atoms with Crippen LogP contribution < -0.4 is 0 Å². The number of carbonyl (C=O) groups excluding carboxylic acids is 1. The summed E-state index contributed by atoms with van der Waals surface area (Å²) in [6, 6.07) is 10.4. The number of hydrogen-bond acceptors (Lipinski definition) is 4. The summed E-state index contributed by atoms with van der Waals surface area (Å²) in [5.41, 5.74) is 2.34. The third kappa shape index (κ3) is 4.15. The third-order valence-corrected chi connectivity index (χ3v) is 7.37. The molecule has 1 spiro atoms. The summed E-state index contributed by atoms with van der Waals surface area (Å²) in [5.74, 6) is 0.152. The van der Waals surface area contributed by atoms with Crippen LogP contribution in [0.25, 0.3) is 0 Å². The van der Waals surface area contributed by atoms with Crippen molar-refractivity contribution in [1.29, 1.82) is 0 Å². The first-order chi connectivity index (χ1) is 13.6.